The van der Waals surface area contributed by atoms with E-state index in [4.69, 9.17) is 23.2 Å². The van der Waals surface area contributed by atoms with Crippen LogP contribution in [-0.2, 0) is 6.54 Å². The molecule has 22 heavy (non-hydrogen) atoms. The maximum absolute atomic E-state index is 5.97. The van der Waals surface area contributed by atoms with Crippen LogP contribution in [0, 0.1) is 0 Å². The van der Waals surface area contributed by atoms with E-state index in [1.165, 1.54) is 5.56 Å². The number of hydrogen-bond donors (Lipinski definition) is 0. The molecule has 0 aliphatic carbocycles. The van der Waals surface area contributed by atoms with E-state index in [1.807, 2.05) is 6.07 Å². The molecular weight excluding hydrogens is 319 g/mol. The topological polar surface area (TPSA) is 32.3 Å². The fourth-order valence-corrected chi connectivity index (χ4v) is 3.20. The van der Waals surface area contributed by atoms with Crippen molar-refractivity contribution in [3.8, 4) is 0 Å². The molecule has 0 radical (unpaired) electrons. The van der Waals surface area contributed by atoms with Gasteiger partial charge < -0.3 is 4.90 Å². The van der Waals surface area contributed by atoms with Crippen LogP contribution in [-0.4, -0.2) is 40.5 Å². The molecule has 3 rings (SSSR count). The molecule has 1 fully saturated rings. The van der Waals surface area contributed by atoms with E-state index in [9.17, 15) is 0 Å². The van der Waals surface area contributed by atoms with Gasteiger partial charge in [0.25, 0.3) is 0 Å². The van der Waals surface area contributed by atoms with E-state index in [-0.39, 0.29) is 5.28 Å². The third-order valence-corrected chi connectivity index (χ3v) is 4.33. The van der Waals surface area contributed by atoms with Gasteiger partial charge in [-0.25, -0.2) is 9.97 Å². The molecule has 1 saturated heterocycles. The Balaban J connectivity index is 1.67. The van der Waals surface area contributed by atoms with Gasteiger partial charge in [-0.2, -0.15) is 0 Å². The minimum atomic E-state index is 0.196. The first-order valence-electron chi connectivity index (χ1n) is 7.35. The predicted molar refractivity (Wildman–Crippen MR) is 90.6 cm³/mol. The number of benzene rings is 1. The van der Waals surface area contributed by atoms with Gasteiger partial charge in [-0.3, -0.25) is 4.90 Å². The summed E-state index contributed by atoms with van der Waals surface area (Å²) in [6.07, 6.45) is 0. The monoisotopic (exact) mass is 336 g/mol. The largest absolute Gasteiger partial charge is 0.354 e. The molecule has 0 amide bonds. The highest BCUT2D eigenvalue weighted by Crippen LogP contribution is 2.22. The summed E-state index contributed by atoms with van der Waals surface area (Å²) >= 11 is 11.9. The summed E-state index contributed by atoms with van der Waals surface area (Å²) in [7, 11) is 0. The van der Waals surface area contributed by atoms with Gasteiger partial charge in [0, 0.05) is 38.3 Å². The van der Waals surface area contributed by atoms with E-state index in [0.29, 0.717) is 11.2 Å². The van der Waals surface area contributed by atoms with E-state index >= 15 is 0 Å². The molecule has 0 N–H and O–H groups in total. The van der Waals surface area contributed by atoms with Crippen molar-refractivity contribution in [2.75, 3.05) is 24.5 Å². The van der Waals surface area contributed by atoms with Gasteiger partial charge in [0.1, 0.15) is 11.0 Å². The highest BCUT2D eigenvalue weighted by Gasteiger charge is 2.25. The molecule has 116 valence electrons. The summed E-state index contributed by atoms with van der Waals surface area (Å²) in [5, 5.41) is 0.580. The van der Waals surface area contributed by atoms with Gasteiger partial charge >= 0.3 is 0 Å². The highest BCUT2D eigenvalue weighted by molar-refractivity contribution is 6.32. The Morgan fingerprint density at radius 2 is 1.91 bits per heavy atom. The molecule has 1 aliphatic rings. The lowest BCUT2D eigenvalue weighted by molar-refractivity contribution is 0.180. The Hall–Kier alpha value is -1.36. The normalized spacial score (nSPS) is 19.4. The van der Waals surface area contributed by atoms with Crippen LogP contribution in [0.15, 0.2) is 36.4 Å². The highest BCUT2D eigenvalue weighted by atomic mass is 35.5. The fraction of sp³-hybridized carbons (Fsp3) is 0.375. The Morgan fingerprint density at radius 3 is 2.59 bits per heavy atom. The summed E-state index contributed by atoms with van der Waals surface area (Å²) in [4.78, 5) is 12.9. The van der Waals surface area contributed by atoms with Crippen LogP contribution < -0.4 is 4.90 Å². The fourth-order valence-electron chi connectivity index (χ4n) is 2.80. The van der Waals surface area contributed by atoms with Crippen molar-refractivity contribution in [3.63, 3.8) is 0 Å². The summed E-state index contributed by atoms with van der Waals surface area (Å²) < 4.78 is 0. The second-order valence-corrected chi connectivity index (χ2v) is 6.29. The molecule has 2 aromatic rings. The summed E-state index contributed by atoms with van der Waals surface area (Å²) in [5.41, 5.74) is 1.34. The van der Waals surface area contributed by atoms with Crippen molar-refractivity contribution in [2.45, 2.75) is 19.5 Å². The first-order chi connectivity index (χ1) is 10.6. The number of anilines is 1. The maximum atomic E-state index is 5.97. The molecule has 0 saturated carbocycles. The van der Waals surface area contributed by atoms with Crippen LogP contribution in [0.4, 0.5) is 5.82 Å². The van der Waals surface area contributed by atoms with E-state index in [1.54, 1.807) is 6.07 Å². The van der Waals surface area contributed by atoms with Gasteiger partial charge in [0.2, 0.25) is 5.28 Å². The lowest BCUT2D eigenvalue weighted by Crippen LogP contribution is -2.51. The molecule has 1 unspecified atom stereocenters. The van der Waals surface area contributed by atoms with Crippen molar-refractivity contribution < 1.29 is 0 Å². The Bertz CT molecular complexity index is 615. The molecule has 4 nitrogen and oxygen atoms in total. The molecule has 1 atom stereocenters. The zero-order chi connectivity index (χ0) is 15.5. The Kier molecular flexibility index (Phi) is 4.81. The van der Waals surface area contributed by atoms with Gasteiger partial charge in [0.05, 0.1) is 0 Å². The first kappa shape index (κ1) is 15.5. The van der Waals surface area contributed by atoms with Crippen molar-refractivity contribution in [3.05, 3.63) is 52.4 Å². The van der Waals surface area contributed by atoms with Crippen molar-refractivity contribution in [1.29, 1.82) is 0 Å². The first-order valence-corrected chi connectivity index (χ1v) is 8.10. The minimum Gasteiger partial charge on any atom is -0.354 e. The van der Waals surface area contributed by atoms with Gasteiger partial charge in [0.15, 0.2) is 0 Å². The van der Waals surface area contributed by atoms with Crippen LogP contribution in [0.2, 0.25) is 10.4 Å². The molecule has 1 aromatic carbocycles. The number of hydrogen-bond acceptors (Lipinski definition) is 4. The lowest BCUT2D eigenvalue weighted by Gasteiger charge is -2.40. The third kappa shape index (κ3) is 3.69. The smallest absolute Gasteiger partial charge is 0.225 e. The minimum absolute atomic E-state index is 0.196. The number of aromatic nitrogens is 2. The average molecular weight is 337 g/mol. The van der Waals surface area contributed by atoms with Gasteiger partial charge in [-0.05, 0) is 24.1 Å². The van der Waals surface area contributed by atoms with Crippen molar-refractivity contribution >= 4 is 29.0 Å². The van der Waals surface area contributed by atoms with Crippen LogP contribution >= 0.6 is 23.2 Å². The second kappa shape index (κ2) is 6.82. The van der Waals surface area contributed by atoms with Crippen LogP contribution in [0.25, 0.3) is 0 Å². The predicted octanol–water partition coefficient (Wildman–Crippen LogP) is 3.49. The quantitative estimate of drug-likeness (QED) is 0.634. The summed E-state index contributed by atoms with van der Waals surface area (Å²) in [6, 6.07) is 12.8. The molecular formula is C16H18Cl2N4. The number of nitrogens with zero attached hydrogens (tertiary/aromatic N) is 4. The van der Waals surface area contributed by atoms with Crippen molar-refractivity contribution in [2.24, 2.45) is 0 Å². The zero-order valence-electron chi connectivity index (χ0n) is 12.4. The average Bonchev–Trinajstić information content (AvgIpc) is 2.49. The SMILES string of the molecule is CC1CN(c2cc(Cl)nc(Cl)n2)CCN1Cc1ccccc1. The van der Waals surface area contributed by atoms with Crippen LogP contribution in [0.5, 0.6) is 0 Å². The molecule has 0 bridgehead atoms. The van der Waals surface area contributed by atoms with Crippen LogP contribution in [0.3, 0.4) is 0 Å². The molecule has 0 spiro atoms. The Morgan fingerprint density at radius 1 is 1.14 bits per heavy atom. The molecule has 1 aromatic heterocycles. The maximum Gasteiger partial charge on any atom is 0.225 e. The van der Waals surface area contributed by atoms with Gasteiger partial charge in [-0.15, -0.1) is 0 Å². The molecule has 2 heterocycles. The second-order valence-electron chi connectivity index (χ2n) is 5.57. The van der Waals surface area contributed by atoms with E-state index in [2.05, 4.69) is 51.0 Å². The summed E-state index contributed by atoms with van der Waals surface area (Å²) in [5.74, 6) is 0.802. The van der Waals surface area contributed by atoms with E-state index in [0.717, 1.165) is 32.0 Å². The number of piperazine rings is 1. The number of halogens is 2. The third-order valence-electron chi connectivity index (χ3n) is 3.97. The van der Waals surface area contributed by atoms with Crippen molar-refractivity contribution in [1.82, 2.24) is 14.9 Å². The van der Waals surface area contributed by atoms with Gasteiger partial charge in [-0.1, -0.05) is 41.9 Å². The Labute approximate surface area is 140 Å². The molecule has 6 heteroatoms. The zero-order valence-corrected chi connectivity index (χ0v) is 13.9. The standard InChI is InChI=1S/C16H18Cl2N4/c1-12-10-22(15-9-14(17)19-16(18)20-15)8-7-21(12)11-13-5-3-2-4-6-13/h2-6,9,12H,7-8,10-11H2,1H3. The van der Waals surface area contributed by atoms with Crippen LogP contribution in [0.1, 0.15) is 12.5 Å². The summed E-state index contributed by atoms with van der Waals surface area (Å²) in [6.45, 7) is 5.99. The lowest BCUT2D eigenvalue weighted by atomic mass is 10.1. The van der Waals surface area contributed by atoms with E-state index < -0.39 is 0 Å². The molecule has 1 aliphatic heterocycles. The number of rotatable bonds is 3.